The standard InChI is InChI=1S/C16H24N2O3/c1-12(14(19)20)11-17-15(21)18-16(2,3)10-9-13-7-5-4-6-8-13/h4-8,12H,9-11H2,1-3H3,(H,19,20)(H2,17,18,21). The molecule has 5 nitrogen and oxygen atoms in total. The molecule has 0 aliphatic heterocycles. The van der Waals surface area contributed by atoms with Crippen molar-refractivity contribution in [3.63, 3.8) is 0 Å². The molecule has 116 valence electrons. The first-order valence-corrected chi connectivity index (χ1v) is 7.13. The topological polar surface area (TPSA) is 78.4 Å². The zero-order valence-corrected chi connectivity index (χ0v) is 12.8. The van der Waals surface area contributed by atoms with Crippen LogP contribution in [0.2, 0.25) is 0 Å². The summed E-state index contributed by atoms with van der Waals surface area (Å²) >= 11 is 0. The van der Waals surface area contributed by atoms with E-state index in [2.05, 4.69) is 22.8 Å². The quantitative estimate of drug-likeness (QED) is 0.722. The Hall–Kier alpha value is -2.04. The Labute approximate surface area is 125 Å². The number of aliphatic carboxylic acids is 1. The number of rotatable bonds is 7. The normalized spacial score (nSPS) is 12.5. The van der Waals surface area contributed by atoms with Crippen molar-refractivity contribution in [2.45, 2.75) is 39.2 Å². The summed E-state index contributed by atoms with van der Waals surface area (Å²) in [7, 11) is 0. The predicted molar refractivity (Wildman–Crippen MR) is 82.2 cm³/mol. The second kappa shape index (κ2) is 7.67. The van der Waals surface area contributed by atoms with Gasteiger partial charge in [-0.25, -0.2) is 4.79 Å². The lowest BCUT2D eigenvalue weighted by atomic mass is 9.95. The molecule has 0 fully saturated rings. The molecule has 0 aromatic heterocycles. The van der Waals surface area contributed by atoms with Crippen molar-refractivity contribution in [1.82, 2.24) is 10.6 Å². The van der Waals surface area contributed by atoms with Gasteiger partial charge in [0.25, 0.3) is 0 Å². The predicted octanol–water partition coefficient (Wildman–Crippen LogP) is 2.42. The molecule has 0 aliphatic rings. The molecule has 0 radical (unpaired) electrons. The zero-order valence-electron chi connectivity index (χ0n) is 12.8. The van der Waals surface area contributed by atoms with Crippen LogP contribution < -0.4 is 10.6 Å². The van der Waals surface area contributed by atoms with Gasteiger partial charge in [-0.05, 0) is 32.3 Å². The molecule has 0 bridgehead atoms. The van der Waals surface area contributed by atoms with Crippen molar-refractivity contribution >= 4 is 12.0 Å². The molecule has 0 heterocycles. The molecule has 2 amide bonds. The number of carboxylic acid groups (broad SMARTS) is 1. The van der Waals surface area contributed by atoms with Gasteiger partial charge in [-0.3, -0.25) is 4.79 Å². The van der Waals surface area contributed by atoms with E-state index in [-0.39, 0.29) is 18.1 Å². The van der Waals surface area contributed by atoms with Crippen LogP contribution in [0.3, 0.4) is 0 Å². The third-order valence-corrected chi connectivity index (χ3v) is 3.32. The smallest absolute Gasteiger partial charge is 0.315 e. The highest BCUT2D eigenvalue weighted by Crippen LogP contribution is 2.13. The van der Waals surface area contributed by atoms with Crippen molar-refractivity contribution in [3.8, 4) is 0 Å². The van der Waals surface area contributed by atoms with Gasteiger partial charge >= 0.3 is 12.0 Å². The van der Waals surface area contributed by atoms with Gasteiger partial charge < -0.3 is 15.7 Å². The van der Waals surface area contributed by atoms with Gasteiger partial charge in [0.2, 0.25) is 0 Å². The van der Waals surface area contributed by atoms with Crippen LogP contribution in [0.1, 0.15) is 32.8 Å². The van der Waals surface area contributed by atoms with Gasteiger partial charge in [-0.15, -0.1) is 0 Å². The Morgan fingerprint density at radius 1 is 1.24 bits per heavy atom. The van der Waals surface area contributed by atoms with E-state index in [0.717, 1.165) is 12.8 Å². The Kier molecular flexibility index (Phi) is 6.21. The van der Waals surface area contributed by atoms with Crippen LogP contribution in [-0.2, 0) is 11.2 Å². The first kappa shape index (κ1) is 17.0. The van der Waals surface area contributed by atoms with Gasteiger partial charge in [0, 0.05) is 12.1 Å². The average Bonchev–Trinajstić information content (AvgIpc) is 2.43. The van der Waals surface area contributed by atoms with Crippen molar-refractivity contribution in [2.24, 2.45) is 5.92 Å². The zero-order chi connectivity index (χ0) is 15.9. The molecule has 21 heavy (non-hydrogen) atoms. The molecule has 1 aromatic rings. The number of urea groups is 1. The number of carbonyl (C=O) groups is 2. The van der Waals surface area contributed by atoms with E-state index in [0.29, 0.717) is 0 Å². The van der Waals surface area contributed by atoms with E-state index < -0.39 is 11.9 Å². The first-order chi connectivity index (χ1) is 9.80. The maximum absolute atomic E-state index is 11.8. The largest absolute Gasteiger partial charge is 0.481 e. The van der Waals surface area contributed by atoms with Crippen molar-refractivity contribution in [1.29, 1.82) is 0 Å². The minimum absolute atomic E-state index is 0.121. The van der Waals surface area contributed by atoms with Crippen molar-refractivity contribution < 1.29 is 14.7 Å². The summed E-state index contributed by atoms with van der Waals surface area (Å²) in [6.07, 6.45) is 1.68. The van der Waals surface area contributed by atoms with E-state index in [1.54, 1.807) is 6.92 Å². The number of amides is 2. The molecular formula is C16H24N2O3. The van der Waals surface area contributed by atoms with Crippen LogP contribution in [0.25, 0.3) is 0 Å². The van der Waals surface area contributed by atoms with E-state index in [1.165, 1.54) is 5.56 Å². The van der Waals surface area contributed by atoms with Crippen molar-refractivity contribution in [3.05, 3.63) is 35.9 Å². The Morgan fingerprint density at radius 2 is 1.86 bits per heavy atom. The third-order valence-electron chi connectivity index (χ3n) is 3.32. The Morgan fingerprint density at radius 3 is 2.43 bits per heavy atom. The summed E-state index contributed by atoms with van der Waals surface area (Å²) in [5.74, 6) is -1.51. The SMILES string of the molecule is CC(CNC(=O)NC(C)(C)CCc1ccccc1)C(=O)O. The van der Waals surface area contributed by atoms with Crippen LogP contribution in [0, 0.1) is 5.92 Å². The van der Waals surface area contributed by atoms with Gasteiger partial charge in [0.05, 0.1) is 5.92 Å². The molecule has 0 saturated heterocycles. The van der Waals surface area contributed by atoms with Crippen LogP contribution in [0.15, 0.2) is 30.3 Å². The molecule has 5 heteroatoms. The number of hydrogen-bond acceptors (Lipinski definition) is 2. The number of carbonyl (C=O) groups excluding carboxylic acids is 1. The summed E-state index contributed by atoms with van der Waals surface area (Å²) in [5.41, 5.74) is 0.874. The highest BCUT2D eigenvalue weighted by Gasteiger charge is 2.21. The van der Waals surface area contributed by atoms with Crippen LogP contribution in [0.4, 0.5) is 4.79 Å². The summed E-state index contributed by atoms with van der Waals surface area (Å²) < 4.78 is 0. The number of benzene rings is 1. The van der Waals surface area contributed by atoms with Gasteiger partial charge in [-0.2, -0.15) is 0 Å². The van der Waals surface area contributed by atoms with E-state index in [9.17, 15) is 9.59 Å². The molecule has 1 rings (SSSR count). The Balaban J connectivity index is 2.37. The number of aryl methyl sites for hydroxylation is 1. The summed E-state index contributed by atoms with van der Waals surface area (Å²) in [6, 6.07) is 9.76. The molecule has 0 saturated carbocycles. The van der Waals surface area contributed by atoms with Crippen molar-refractivity contribution in [2.75, 3.05) is 6.54 Å². The number of carboxylic acids is 1. The Bertz CT molecular complexity index is 472. The fourth-order valence-electron chi connectivity index (χ4n) is 1.85. The minimum Gasteiger partial charge on any atom is -0.481 e. The first-order valence-electron chi connectivity index (χ1n) is 7.13. The summed E-state index contributed by atoms with van der Waals surface area (Å²) in [5, 5.41) is 14.2. The van der Waals surface area contributed by atoms with E-state index in [4.69, 9.17) is 5.11 Å². The molecule has 3 N–H and O–H groups in total. The van der Waals surface area contributed by atoms with Gasteiger partial charge in [-0.1, -0.05) is 37.3 Å². The van der Waals surface area contributed by atoms with Gasteiger partial charge in [0.1, 0.15) is 0 Å². The average molecular weight is 292 g/mol. The highest BCUT2D eigenvalue weighted by molar-refractivity contribution is 5.76. The second-order valence-electron chi connectivity index (χ2n) is 5.94. The van der Waals surface area contributed by atoms with E-state index >= 15 is 0 Å². The van der Waals surface area contributed by atoms with Crippen LogP contribution in [-0.4, -0.2) is 29.2 Å². The maximum Gasteiger partial charge on any atom is 0.315 e. The van der Waals surface area contributed by atoms with Gasteiger partial charge in [0.15, 0.2) is 0 Å². The fraction of sp³-hybridized carbons (Fsp3) is 0.500. The number of nitrogens with one attached hydrogen (secondary N) is 2. The fourth-order valence-corrected chi connectivity index (χ4v) is 1.85. The highest BCUT2D eigenvalue weighted by atomic mass is 16.4. The van der Waals surface area contributed by atoms with Crippen LogP contribution in [0.5, 0.6) is 0 Å². The molecule has 0 spiro atoms. The molecule has 0 aliphatic carbocycles. The molecule has 1 unspecified atom stereocenters. The lowest BCUT2D eigenvalue weighted by molar-refractivity contribution is -0.140. The molecular weight excluding hydrogens is 268 g/mol. The minimum atomic E-state index is -0.918. The lowest BCUT2D eigenvalue weighted by Gasteiger charge is -2.26. The maximum atomic E-state index is 11.8. The van der Waals surface area contributed by atoms with Crippen LogP contribution >= 0.6 is 0 Å². The van der Waals surface area contributed by atoms with E-state index in [1.807, 2.05) is 32.0 Å². The molecule has 1 aromatic carbocycles. The number of hydrogen-bond donors (Lipinski definition) is 3. The summed E-state index contributed by atoms with van der Waals surface area (Å²) in [6.45, 7) is 5.59. The monoisotopic (exact) mass is 292 g/mol. The second-order valence-corrected chi connectivity index (χ2v) is 5.94. The third kappa shape index (κ3) is 6.79. The molecule has 1 atom stereocenters. The summed E-state index contributed by atoms with van der Waals surface area (Å²) in [4.78, 5) is 22.5. The lowest BCUT2D eigenvalue weighted by Crippen LogP contribution is -2.49.